The van der Waals surface area contributed by atoms with Gasteiger partial charge in [0.25, 0.3) is 0 Å². The Morgan fingerprint density at radius 2 is 2.41 bits per heavy atom. The molecule has 0 amide bonds. The van der Waals surface area contributed by atoms with Crippen molar-refractivity contribution in [1.82, 2.24) is 0 Å². The van der Waals surface area contributed by atoms with Crippen molar-refractivity contribution in [2.45, 2.75) is 31.4 Å². The van der Waals surface area contributed by atoms with Crippen molar-refractivity contribution in [1.29, 1.82) is 0 Å². The van der Waals surface area contributed by atoms with Crippen LogP contribution in [0.3, 0.4) is 0 Å². The Hall–Kier alpha value is -0.580. The van der Waals surface area contributed by atoms with Crippen LogP contribution in [0, 0.1) is 0 Å². The molecular weight excluding hydrogens is 282 g/mol. The molecule has 1 aromatic carbocycles. The number of nitrogens with two attached hydrogens (primary N) is 1. The number of ether oxygens (including phenoxy) is 2. The highest BCUT2D eigenvalue weighted by atomic mass is 79.9. The van der Waals surface area contributed by atoms with Gasteiger partial charge >= 0.3 is 0 Å². The third-order valence-corrected chi connectivity index (χ3v) is 3.63. The highest BCUT2D eigenvalue weighted by molar-refractivity contribution is 9.10. The fourth-order valence-electron chi connectivity index (χ4n) is 2.23. The number of halogens is 1. The van der Waals surface area contributed by atoms with Crippen LogP contribution in [0.25, 0.3) is 0 Å². The second kappa shape index (κ2) is 5.85. The van der Waals surface area contributed by atoms with Crippen molar-refractivity contribution in [3.63, 3.8) is 0 Å². The predicted octanol–water partition coefficient (Wildman–Crippen LogP) is 2.51. The summed E-state index contributed by atoms with van der Waals surface area (Å²) in [4.78, 5) is 0. The molecular formula is C13H18BrNO2. The Morgan fingerprint density at radius 1 is 1.59 bits per heavy atom. The summed E-state index contributed by atoms with van der Waals surface area (Å²) >= 11 is 3.47. The zero-order chi connectivity index (χ0) is 12.3. The Balaban J connectivity index is 2.08. The largest absolute Gasteiger partial charge is 0.496 e. The molecule has 0 aromatic heterocycles. The molecule has 17 heavy (non-hydrogen) atoms. The van der Waals surface area contributed by atoms with Crippen LogP contribution in [0.2, 0.25) is 0 Å². The molecule has 0 saturated carbocycles. The average Bonchev–Trinajstić information content (AvgIpc) is 2.83. The van der Waals surface area contributed by atoms with E-state index in [2.05, 4.69) is 22.0 Å². The van der Waals surface area contributed by atoms with Gasteiger partial charge in [0, 0.05) is 17.1 Å². The summed E-state index contributed by atoms with van der Waals surface area (Å²) in [6.07, 6.45) is 3.16. The first kappa shape index (κ1) is 12.9. The minimum Gasteiger partial charge on any atom is -0.496 e. The van der Waals surface area contributed by atoms with E-state index in [1.807, 2.05) is 12.1 Å². The molecule has 2 N–H and O–H groups in total. The predicted molar refractivity (Wildman–Crippen MR) is 71.3 cm³/mol. The lowest BCUT2D eigenvalue weighted by atomic mass is 10.00. The van der Waals surface area contributed by atoms with E-state index < -0.39 is 0 Å². The van der Waals surface area contributed by atoms with Gasteiger partial charge in [0.05, 0.1) is 13.2 Å². The van der Waals surface area contributed by atoms with Gasteiger partial charge in [-0.15, -0.1) is 0 Å². The molecule has 1 heterocycles. The summed E-state index contributed by atoms with van der Waals surface area (Å²) in [5, 5.41) is 0. The van der Waals surface area contributed by atoms with Crippen molar-refractivity contribution in [2.75, 3.05) is 13.7 Å². The Morgan fingerprint density at radius 3 is 3.06 bits per heavy atom. The second-order valence-electron chi connectivity index (χ2n) is 4.38. The molecule has 94 valence electrons. The van der Waals surface area contributed by atoms with Crippen LogP contribution in [0.5, 0.6) is 5.75 Å². The molecule has 0 aliphatic carbocycles. The molecule has 4 heteroatoms. The first-order valence-corrected chi connectivity index (χ1v) is 6.69. The monoisotopic (exact) mass is 299 g/mol. The van der Waals surface area contributed by atoms with Crippen LogP contribution >= 0.6 is 15.9 Å². The molecule has 0 radical (unpaired) electrons. The van der Waals surface area contributed by atoms with Crippen molar-refractivity contribution < 1.29 is 9.47 Å². The molecule has 1 aromatic rings. The maximum absolute atomic E-state index is 6.19. The van der Waals surface area contributed by atoms with Gasteiger partial charge in [-0.1, -0.05) is 15.9 Å². The van der Waals surface area contributed by atoms with Crippen LogP contribution in [-0.4, -0.2) is 25.9 Å². The van der Waals surface area contributed by atoms with Crippen LogP contribution in [-0.2, 0) is 11.2 Å². The SMILES string of the molecule is COc1ccc(Br)cc1CC(N)C1CCCO1. The fourth-order valence-corrected chi connectivity index (χ4v) is 2.64. The molecule has 0 spiro atoms. The van der Waals surface area contributed by atoms with Crippen LogP contribution in [0.4, 0.5) is 0 Å². The lowest BCUT2D eigenvalue weighted by molar-refractivity contribution is 0.0898. The van der Waals surface area contributed by atoms with Gasteiger partial charge < -0.3 is 15.2 Å². The number of rotatable bonds is 4. The third kappa shape index (κ3) is 3.21. The minimum absolute atomic E-state index is 0.0423. The van der Waals surface area contributed by atoms with Crippen molar-refractivity contribution in [3.8, 4) is 5.75 Å². The number of benzene rings is 1. The maximum atomic E-state index is 6.19. The van der Waals surface area contributed by atoms with Crippen molar-refractivity contribution in [2.24, 2.45) is 5.73 Å². The third-order valence-electron chi connectivity index (χ3n) is 3.14. The van der Waals surface area contributed by atoms with E-state index in [1.165, 1.54) is 0 Å². The molecule has 1 saturated heterocycles. The molecule has 1 aliphatic heterocycles. The van der Waals surface area contributed by atoms with Gasteiger partial charge in [-0.3, -0.25) is 0 Å². The standard InChI is InChI=1S/C13H18BrNO2/c1-16-12-5-4-10(14)7-9(12)8-11(15)13-3-2-6-17-13/h4-5,7,11,13H,2-3,6,8,15H2,1H3. The zero-order valence-corrected chi connectivity index (χ0v) is 11.6. The van der Waals surface area contributed by atoms with E-state index in [-0.39, 0.29) is 12.1 Å². The summed E-state index contributed by atoms with van der Waals surface area (Å²) < 4.78 is 12.0. The fraction of sp³-hybridized carbons (Fsp3) is 0.538. The highest BCUT2D eigenvalue weighted by Gasteiger charge is 2.23. The van der Waals surface area contributed by atoms with Crippen LogP contribution < -0.4 is 10.5 Å². The quantitative estimate of drug-likeness (QED) is 0.929. The molecule has 2 atom stereocenters. The molecule has 1 aliphatic rings. The Labute approximate surface area is 110 Å². The van der Waals surface area contributed by atoms with Crippen molar-refractivity contribution >= 4 is 15.9 Å². The van der Waals surface area contributed by atoms with Gasteiger partial charge in [-0.25, -0.2) is 0 Å². The van der Waals surface area contributed by atoms with E-state index in [0.717, 1.165) is 41.7 Å². The van der Waals surface area contributed by atoms with Gasteiger partial charge in [0.1, 0.15) is 5.75 Å². The first-order chi connectivity index (χ1) is 8.20. The van der Waals surface area contributed by atoms with E-state index in [0.29, 0.717) is 0 Å². The van der Waals surface area contributed by atoms with Crippen LogP contribution in [0.15, 0.2) is 22.7 Å². The molecule has 2 rings (SSSR count). The molecule has 2 unspecified atom stereocenters. The van der Waals surface area contributed by atoms with Gasteiger partial charge in [-0.05, 0) is 43.0 Å². The summed E-state index contributed by atoms with van der Waals surface area (Å²) in [6, 6.07) is 6.04. The Kier molecular flexibility index (Phi) is 4.42. The van der Waals surface area contributed by atoms with Gasteiger partial charge in [-0.2, -0.15) is 0 Å². The summed E-state index contributed by atoms with van der Waals surface area (Å²) in [7, 11) is 1.68. The summed E-state index contributed by atoms with van der Waals surface area (Å²) in [5.41, 5.74) is 7.32. The Bertz CT molecular complexity index is 378. The molecule has 0 bridgehead atoms. The average molecular weight is 300 g/mol. The van der Waals surface area contributed by atoms with Gasteiger partial charge in [0.2, 0.25) is 0 Å². The lowest BCUT2D eigenvalue weighted by Gasteiger charge is -2.19. The highest BCUT2D eigenvalue weighted by Crippen LogP contribution is 2.26. The normalized spacial score (nSPS) is 21.5. The minimum atomic E-state index is 0.0423. The lowest BCUT2D eigenvalue weighted by Crippen LogP contribution is -2.36. The maximum Gasteiger partial charge on any atom is 0.122 e. The van der Waals surface area contributed by atoms with Crippen LogP contribution in [0.1, 0.15) is 18.4 Å². The second-order valence-corrected chi connectivity index (χ2v) is 5.29. The molecule has 3 nitrogen and oxygen atoms in total. The topological polar surface area (TPSA) is 44.5 Å². The number of hydrogen-bond donors (Lipinski definition) is 1. The number of hydrogen-bond acceptors (Lipinski definition) is 3. The number of methoxy groups -OCH3 is 1. The zero-order valence-electron chi connectivity index (χ0n) is 9.99. The first-order valence-electron chi connectivity index (χ1n) is 5.90. The van der Waals surface area contributed by atoms with E-state index >= 15 is 0 Å². The van der Waals surface area contributed by atoms with Crippen molar-refractivity contribution in [3.05, 3.63) is 28.2 Å². The smallest absolute Gasteiger partial charge is 0.122 e. The van der Waals surface area contributed by atoms with E-state index in [1.54, 1.807) is 7.11 Å². The van der Waals surface area contributed by atoms with E-state index in [4.69, 9.17) is 15.2 Å². The molecule has 1 fully saturated rings. The summed E-state index contributed by atoms with van der Waals surface area (Å²) in [5.74, 6) is 0.890. The van der Waals surface area contributed by atoms with Gasteiger partial charge in [0.15, 0.2) is 0 Å². The van der Waals surface area contributed by atoms with E-state index in [9.17, 15) is 0 Å². The summed E-state index contributed by atoms with van der Waals surface area (Å²) in [6.45, 7) is 0.841.